The molecule has 0 aliphatic heterocycles. The van der Waals surface area contributed by atoms with Crippen molar-refractivity contribution in [2.75, 3.05) is 6.54 Å². The van der Waals surface area contributed by atoms with Gasteiger partial charge in [-0.25, -0.2) is 0 Å². The second kappa shape index (κ2) is 10.5. The van der Waals surface area contributed by atoms with Gasteiger partial charge in [0.15, 0.2) is 6.10 Å². The molecule has 0 heterocycles. The van der Waals surface area contributed by atoms with E-state index in [1.165, 1.54) is 0 Å². The Morgan fingerprint density at radius 2 is 1.45 bits per heavy atom. The maximum Gasteiger partial charge on any atom is 0.326 e. The third-order valence-electron chi connectivity index (χ3n) is 5.12. The first-order valence-electron chi connectivity index (χ1n) is 10.6. The first-order chi connectivity index (χ1) is 15.6. The van der Waals surface area contributed by atoms with Gasteiger partial charge in [-0.05, 0) is 35.2 Å². The molecule has 5 nitrogen and oxygen atoms in total. The Labute approximate surface area is 198 Å². The molecule has 3 rings (SSSR count). The summed E-state index contributed by atoms with van der Waals surface area (Å²) in [7, 11) is 0. The van der Waals surface area contributed by atoms with Crippen molar-refractivity contribution in [2.24, 2.45) is 0 Å². The van der Waals surface area contributed by atoms with Crippen molar-refractivity contribution in [1.29, 1.82) is 0 Å². The fourth-order valence-corrected chi connectivity index (χ4v) is 3.34. The highest BCUT2D eigenvalue weighted by Crippen LogP contribution is 2.25. The summed E-state index contributed by atoms with van der Waals surface area (Å²) >= 11 is 5.96. The quantitative estimate of drug-likeness (QED) is 0.369. The van der Waals surface area contributed by atoms with E-state index in [1.807, 2.05) is 12.1 Å². The van der Waals surface area contributed by atoms with Crippen LogP contribution >= 0.6 is 11.6 Å². The van der Waals surface area contributed by atoms with E-state index in [0.29, 0.717) is 21.7 Å². The minimum atomic E-state index is -1.15. The number of esters is 1. The van der Waals surface area contributed by atoms with Crippen molar-refractivity contribution in [3.63, 3.8) is 0 Å². The van der Waals surface area contributed by atoms with Crippen LogP contribution < -0.4 is 5.32 Å². The first kappa shape index (κ1) is 24.2. The predicted molar refractivity (Wildman–Crippen MR) is 129 cm³/mol. The molecule has 1 atom stereocenters. The lowest BCUT2D eigenvalue weighted by atomic mass is 9.87. The summed E-state index contributed by atoms with van der Waals surface area (Å²) in [6.07, 6.45) is -1.15. The largest absolute Gasteiger partial charge is 0.448 e. The van der Waals surface area contributed by atoms with Gasteiger partial charge in [0.1, 0.15) is 6.54 Å². The van der Waals surface area contributed by atoms with Crippen LogP contribution in [0.5, 0.6) is 0 Å². The molecule has 0 radical (unpaired) electrons. The molecule has 33 heavy (non-hydrogen) atoms. The summed E-state index contributed by atoms with van der Waals surface area (Å²) in [6.45, 7) is 5.90. The van der Waals surface area contributed by atoms with Crippen LogP contribution in [0.25, 0.3) is 0 Å². The van der Waals surface area contributed by atoms with Crippen molar-refractivity contribution in [2.45, 2.75) is 32.3 Å². The zero-order valence-corrected chi connectivity index (χ0v) is 19.6. The lowest BCUT2D eigenvalue weighted by molar-refractivity contribution is -0.146. The zero-order chi connectivity index (χ0) is 24.0. The van der Waals surface area contributed by atoms with E-state index in [9.17, 15) is 14.4 Å². The summed E-state index contributed by atoms with van der Waals surface area (Å²) < 4.78 is 5.50. The molecule has 0 spiro atoms. The SMILES string of the molecule is CC(C)(C)c1ccc(C(=O)NCC(=O)O[C@H](C(=O)c2ccccc2)c2ccc(Cl)cc2)cc1. The number of amides is 1. The molecule has 0 aliphatic rings. The van der Waals surface area contributed by atoms with Gasteiger partial charge in [0, 0.05) is 21.7 Å². The summed E-state index contributed by atoms with van der Waals surface area (Å²) in [5.41, 5.74) is 2.41. The highest BCUT2D eigenvalue weighted by Gasteiger charge is 2.26. The van der Waals surface area contributed by atoms with E-state index in [-0.39, 0.29) is 17.7 Å². The minimum absolute atomic E-state index is 0.0270. The summed E-state index contributed by atoms with van der Waals surface area (Å²) in [6, 6.07) is 22.3. The number of ketones is 1. The first-order valence-corrected chi connectivity index (χ1v) is 11.0. The van der Waals surface area contributed by atoms with Crippen LogP contribution in [0, 0.1) is 0 Å². The number of Topliss-reactive ketones (excluding diaryl/α,β-unsaturated/α-hetero) is 1. The van der Waals surface area contributed by atoms with Gasteiger partial charge < -0.3 is 10.1 Å². The molecular weight excluding hydrogens is 438 g/mol. The van der Waals surface area contributed by atoms with Gasteiger partial charge in [0.05, 0.1) is 0 Å². The molecule has 0 unspecified atom stereocenters. The van der Waals surface area contributed by atoms with Crippen molar-refractivity contribution in [3.8, 4) is 0 Å². The maximum atomic E-state index is 13.0. The Morgan fingerprint density at radius 3 is 2.03 bits per heavy atom. The molecule has 1 amide bonds. The van der Waals surface area contributed by atoms with Gasteiger partial charge in [0.25, 0.3) is 5.91 Å². The number of ether oxygens (including phenoxy) is 1. The van der Waals surface area contributed by atoms with Crippen molar-refractivity contribution < 1.29 is 19.1 Å². The van der Waals surface area contributed by atoms with Crippen LogP contribution in [0.15, 0.2) is 78.9 Å². The fourth-order valence-electron chi connectivity index (χ4n) is 3.21. The van der Waals surface area contributed by atoms with E-state index in [0.717, 1.165) is 5.56 Å². The number of hydrogen-bond acceptors (Lipinski definition) is 4. The zero-order valence-electron chi connectivity index (χ0n) is 18.8. The van der Waals surface area contributed by atoms with Crippen LogP contribution in [0.2, 0.25) is 5.02 Å². The lowest BCUT2D eigenvalue weighted by Gasteiger charge is -2.19. The smallest absolute Gasteiger partial charge is 0.326 e. The van der Waals surface area contributed by atoms with Gasteiger partial charge in [-0.15, -0.1) is 0 Å². The van der Waals surface area contributed by atoms with Gasteiger partial charge in [-0.3, -0.25) is 14.4 Å². The number of carbonyl (C=O) groups is 3. The van der Waals surface area contributed by atoms with Crippen LogP contribution in [-0.2, 0) is 14.9 Å². The summed E-state index contributed by atoms with van der Waals surface area (Å²) in [5.74, 6) is -1.49. The predicted octanol–water partition coefficient (Wildman–Crippen LogP) is 5.53. The third kappa shape index (κ3) is 6.53. The normalized spacial score (nSPS) is 12.0. The Morgan fingerprint density at radius 1 is 0.848 bits per heavy atom. The summed E-state index contributed by atoms with van der Waals surface area (Å²) in [4.78, 5) is 38.0. The fraction of sp³-hybridized carbons (Fsp3) is 0.222. The van der Waals surface area contributed by atoms with E-state index in [2.05, 4.69) is 26.1 Å². The van der Waals surface area contributed by atoms with E-state index >= 15 is 0 Å². The number of halogens is 1. The van der Waals surface area contributed by atoms with Crippen LogP contribution in [0.4, 0.5) is 0 Å². The van der Waals surface area contributed by atoms with Crippen LogP contribution in [0.1, 0.15) is 58.7 Å². The molecule has 6 heteroatoms. The van der Waals surface area contributed by atoms with E-state index in [1.54, 1.807) is 66.7 Å². The van der Waals surface area contributed by atoms with Gasteiger partial charge in [-0.2, -0.15) is 0 Å². The summed E-state index contributed by atoms with van der Waals surface area (Å²) in [5, 5.41) is 3.06. The second-order valence-electron chi connectivity index (χ2n) is 8.66. The van der Waals surface area contributed by atoms with Crippen LogP contribution in [-0.4, -0.2) is 24.2 Å². The highest BCUT2D eigenvalue weighted by atomic mass is 35.5. The molecule has 0 aliphatic carbocycles. The molecule has 1 N–H and O–H groups in total. The molecule has 0 fully saturated rings. The molecular formula is C27H26ClNO4. The topological polar surface area (TPSA) is 72.5 Å². The molecule has 0 bridgehead atoms. The van der Waals surface area contributed by atoms with Gasteiger partial charge in [-0.1, -0.05) is 87.0 Å². The molecule has 3 aromatic carbocycles. The maximum absolute atomic E-state index is 13.0. The minimum Gasteiger partial charge on any atom is -0.448 e. The molecule has 0 saturated heterocycles. The molecule has 3 aromatic rings. The molecule has 0 aromatic heterocycles. The second-order valence-corrected chi connectivity index (χ2v) is 9.10. The number of nitrogens with one attached hydrogen (secondary N) is 1. The van der Waals surface area contributed by atoms with Gasteiger partial charge in [0.2, 0.25) is 5.78 Å². The molecule has 0 saturated carbocycles. The number of carbonyl (C=O) groups excluding carboxylic acids is 3. The number of benzene rings is 3. The highest BCUT2D eigenvalue weighted by molar-refractivity contribution is 6.30. The van der Waals surface area contributed by atoms with Crippen molar-refractivity contribution >= 4 is 29.3 Å². The Kier molecular flexibility index (Phi) is 7.67. The van der Waals surface area contributed by atoms with E-state index < -0.39 is 18.0 Å². The Bertz CT molecular complexity index is 1120. The van der Waals surface area contributed by atoms with Crippen LogP contribution in [0.3, 0.4) is 0 Å². The monoisotopic (exact) mass is 463 g/mol. The van der Waals surface area contributed by atoms with Crippen molar-refractivity contribution in [3.05, 3.63) is 106 Å². The lowest BCUT2D eigenvalue weighted by Crippen LogP contribution is -2.32. The Balaban J connectivity index is 1.68. The van der Waals surface area contributed by atoms with Gasteiger partial charge >= 0.3 is 5.97 Å². The standard InChI is InChI=1S/C27H26ClNO4/c1-27(2,3)21-13-9-20(10-14-21)26(32)29-17-23(30)33-25(19-11-15-22(28)16-12-19)24(31)18-7-5-4-6-8-18/h4-16,25H,17H2,1-3H3,(H,29,32)/t25-/m0/s1. The molecule has 170 valence electrons. The Hall–Kier alpha value is -3.44. The average molecular weight is 464 g/mol. The average Bonchev–Trinajstić information content (AvgIpc) is 2.81. The number of hydrogen-bond donors (Lipinski definition) is 1. The number of rotatable bonds is 7. The third-order valence-corrected chi connectivity index (χ3v) is 5.38. The van der Waals surface area contributed by atoms with Crippen molar-refractivity contribution in [1.82, 2.24) is 5.32 Å². The van der Waals surface area contributed by atoms with E-state index in [4.69, 9.17) is 16.3 Å².